The number of carbonyl (C=O) groups is 2. The second-order valence-corrected chi connectivity index (χ2v) is 9.92. The number of hydrogen-bond donors (Lipinski definition) is 1. The Morgan fingerprint density at radius 3 is 2.61 bits per heavy atom. The molecule has 4 rings (SSSR count). The highest BCUT2D eigenvalue weighted by atomic mass is 35.5. The Balaban J connectivity index is 1.45. The summed E-state index contributed by atoms with van der Waals surface area (Å²) in [4.78, 5) is 26.3. The van der Waals surface area contributed by atoms with E-state index in [0.717, 1.165) is 35.3 Å². The molecule has 0 radical (unpaired) electrons. The lowest BCUT2D eigenvalue weighted by Crippen LogP contribution is -2.13. The van der Waals surface area contributed by atoms with Gasteiger partial charge in [0.25, 0.3) is 0 Å². The summed E-state index contributed by atoms with van der Waals surface area (Å²) in [6.45, 7) is 2.23. The van der Waals surface area contributed by atoms with Gasteiger partial charge in [-0.25, -0.2) is 4.79 Å². The van der Waals surface area contributed by atoms with Gasteiger partial charge in [0.1, 0.15) is 11.6 Å². The number of halogens is 2. The number of esters is 1. The van der Waals surface area contributed by atoms with E-state index in [9.17, 15) is 9.59 Å². The van der Waals surface area contributed by atoms with Crippen molar-refractivity contribution in [3.05, 3.63) is 79.7 Å². The van der Waals surface area contributed by atoms with Gasteiger partial charge in [-0.3, -0.25) is 4.79 Å². The molecule has 36 heavy (non-hydrogen) atoms. The van der Waals surface area contributed by atoms with Gasteiger partial charge in [0.2, 0.25) is 5.91 Å². The van der Waals surface area contributed by atoms with Crippen LogP contribution in [-0.4, -0.2) is 25.6 Å². The number of amides is 1. The van der Waals surface area contributed by atoms with Crippen LogP contribution in [0.2, 0.25) is 10.0 Å². The summed E-state index contributed by atoms with van der Waals surface area (Å²) in [5.41, 5.74) is 2.91. The summed E-state index contributed by atoms with van der Waals surface area (Å²) < 4.78 is 16.6. The highest BCUT2D eigenvalue weighted by Gasteiger charge is 2.28. The van der Waals surface area contributed by atoms with Gasteiger partial charge in [0, 0.05) is 26.6 Å². The minimum Gasteiger partial charge on any atom is -0.493 e. The van der Waals surface area contributed by atoms with Crippen LogP contribution in [0, 0.1) is 0 Å². The molecule has 0 aliphatic heterocycles. The maximum Gasteiger partial charge on any atom is 0.341 e. The molecule has 1 aromatic heterocycles. The van der Waals surface area contributed by atoms with Gasteiger partial charge in [-0.05, 0) is 67.7 Å². The topological polar surface area (TPSA) is 73.9 Å². The normalized spacial score (nSPS) is 12.4. The van der Waals surface area contributed by atoms with Gasteiger partial charge in [-0.1, -0.05) is 35.3 Å². The summed E-state index contributed by atoms with van der Waals surface area (Å²) >= 11 is 13.9. The number of carbonyl (C=O) groups excluding carboxylic acids is 2. The van der Waals surface area contributed by atoms with Crippen molar-refractivity contribution in [3.8, 4) is 11.5 Å². The van der Waals surface area contributed by atoms with Gasteiger partial charge in [0.15, 0.2) is 11.5 Å². The zero-order valence-electron chi connectivity index (χ0n) is 19.9. The summed E-state index contributed by atoms with van der Waals surface area (Å²) in [5.74, 6) is 0.282. The van der Waals surface area contributed by atoms with Crippen molar-refractivity contribution in [1.82, 2.24) is 0 Å². The van der Waals surface area contributed by atoms with Crippen molar-refractivity contribution < 1.29 is 23.8 Å². The lowest BCUT2D eigenvalue weighted by atomic mass is 10.1. The molecule has 0 fully saturated rings. The zero-order valence-corrected chi connectivity index (χ0v) is 22.2. The van der Waals surface area contributed by atoms with Crippen LogP contribution < -0.4 is 14.8 Å². The largest absolute Gasteiger partial charge is 0.493 e. The first kappa shape index (κ1) is 26.1. The summed E-state index contributed by atoms with van der Waals surface area (Å²) in [6, 6.07) is 10.6. The minimum absolute atomic E-state index is 0.181. The van der Waals surface area contributed by atoms with Crippen molar-refractivity contribution in [2.75, 3.05) is 19.0 Å². The number of hydrogen-bond acceptors (Lipinski definition) is 6. The van der Waals surface area contributed by atoms with E-state index >= 15 is 0 Å². The van der Waals surface area contributed by atoms with Crippen LogP contribution in [0.4, 0.5) is 5.00 Å². The maximum atomic E-state index is 12.7. The molecule has 2 aromatic carbocycles. The smallest absolute Gasteiger partial charge is 0.341 e. The van der Waals surface area contributed by atoms with E-state index < -0.39 is 5.97 Å². The molecule has 1 aliphatic rings. The highest BCUT2D eigenvalue weighted by Crippen LogP contribution is 2.39. The number of thiophene rings is 1. The Morgan fingerprint density at radius 1 is 1.11 bits per heavy atom. The van der Waals surface area contributed by atoms with E-state index in [2.05, 4.69) is 5.32 Å². The Labute approximate surface area is 223 Å². The van der Waals surface area contributed by atoms with Crippen LogP contribution in [0.5, 0.6) is 11.5 Å². The molecule has 0 saturated carbocycles. The lowest BCUT2D eigenvalue weighted by Gasteiger charge is -2.13. The summed E-state index contributed by atoms with van der Waals surface area (Å²) in [7, 11) is 1.54. The number of benzene rings is 2. The van der Waals surface area contributed by atoms with Crippen molar-refractivity contribution >= 4 is 57.5 Å². The zero-order chi connectivity index (χ0) is 25.7. The molecular weight excluding hydrogens is 521 g/mol. The SMILES string of the molecule is CCOC(=O)c1c(NC(=O)/C=C/c2ccc(OCc3c(Cl)cccc3Cl)c(OC)c2)sc2c1CCC2. The third-order valence-electron chi connectivity index (χ3n) is 5.69. The quantitative estimate of drug-likeness (QED) is 0.232. The van der Waals surface area contributed by atoms with Crippen LogP contribution in [0.3, 0.4) is 0 Å². The Morgan fingerprint density at radius 2 is 1.89 bits per heavy atom. The average molecular weight is 546 g/mol. The number of anilines is 1. The summed E-state index contributed by atoms with van der Waals surface area (Å²) in [5, 5.41) is 4.43. The summed E-state index contributed by atoms with van der Waals surface area (Å²) in [6.07, 6.45) is 5.82. The van der Waals surface area contributed by atoms with Crippen molar-refractivity contribution in [2.24, 2.45) is 0 Å². The van der Waals surface area contributed by atoms with E-state index in [-0.39, 0.29) is 19.1 Å². The van der Waals surface area contributed by atoms with E-state index in [1.165, 1.54) is 24.5 Å². The molecular formula is C27H25Cl2NO5S. The van der Waals surface area contributed by atoms with Crippen LogP contribution in [0.1, 0.15) is 45.3 Å². The Hall–Kier alpha value is -3.00. The lowest BCUT2D eigenvalue weighted by molar-refractivity contribution is -0.111. The number of rotatable bonds is 9. The number of nitrogens with one attached hydrogen (secondary N) is 1. The molecule has 0 spiro atoms. The molecule has 3 aromatic rings. The molecule has 1 amide bonds. The molecule has 188 valence electrons. The second-order valence-electron chi connectivity index (χ2n) is 8.00. The van der Waals surface area contributed by atoms with E-state index in [1.807, 2.05) is 0 Å². The monoisotopic (exact) mass is 545 g/mol. The fourth-order valence-electron chi connectivity index (χ4n) is 3.96. The van der Waals surface area contributed by atoms with Gasteiger partial charge in [-0.2, -0.15) is 0 Å². The molecule has 0 saturated heterocycles. The molecule has 6 nitrogen and oxygen atoms in total. The molecule has 1 N–H and O–H groups in total. The Kier molecular flexibility index (Phi) is 8.56. The van der Waals surface area contributed by atoms with Gasteiger partial charge < -0.3 is 19.5 Å². The number of ether oxygens (including phenoxy) is 3. The van der Waals surface area contributed by atoms with Crippen LogP contribution in [0.15, 0.2) is 42.5 Å². The van der Waals surface area contributed by atoms with E-state index in [4.69, 9.17) is 37.4 Å². The molecule has 1 heterocycles. The van der Waals surface area contributed by atoms with Crippen LogP contribution in [0.25, 0.3) is 6.08 Å². The first-order valence-electron chi connectivity index (χ1n) is 11.5. The predicted octanol–water partition coefficient (Wildman–Crippen LogP) is 6.96. The number of aryl methyl sites for hydroxylation is 1. The van der Waals surface area contributed by atoms with Crippen molar-refractivity contribution in [2.45, 2.75) is 32.8 Å². The van der Waals surface area contributed by atoms with Gasteiger partial charge >= 0.3 is 5.97 Å². The maximum absolute atomic E-state index is 12.7. The predicted molar refractivity (Wildman–Crippen MR) is 144 cm³/mol. The molecule has 0 atom stereocenters. The van der Waals surface area contributed by atoms with E-state index in [1.54, 1.807) is 49.4 Å². The van der Waals surface area contributed by atoms with E-state index in [0.29, 0.717) is 37.7 Å². The first-order valence-corrected chi connectivity index (χ1v) is 13.0. The molecule has 0 bridgehead atoms. The van der Waals surface area contributed by atoms with Crippen molar-refractivity contribution in [3.63, 3.8) is 0 Å². The molecule has 9 heteroatoms. The second kappa shape index (κ2) is 11.8. The highest BCUT2D eigenvalue weighted by molar-refractivity contribution is 7.17. The third-order valence-corrected chi connectivity index (χ3v) is 7.60. The standard InChI is InChI=1S/C27H25Cl2NO5S/c1-3-34-27(32)25-17-6-4-9-23(17)36-26(25)30-24(31)13-11-16-10-12-21(22(14-16)33-2)35-15-18-19(28)7-5-8-20(18)29/h5,7-8,10-14H,3-4,6,9,15H2,1-2H3,(H,30,31)/b13-11+. The van der Waals surface area contributed by atoms with Crippen molar-refractivity contribution in [1.29, 1.82) is 0 Å². The minimum atomic E-state index is -0.394. The fraction of sp³-hybridized carbons (Fsp3) is 0.259. The third kappa shape index (κ3) is 5.86. The van der Waals surface area contributed by atoms with Crippen LogP contribution >= 0.6 is 34.5 Å². The molecule has 0 unspecified atom stereocenters. The Bertz CT molecular complexity index is 1300. The average Bonchev–Trinajstić information content (AvgIpc) is 3.43. The van der Waals surface area contributed by atoms with Gasteiger partial charge in [0.05, 0.1) is 19.3 Å². The van der Waals surface area contributed by atoms with Crippen LogP contribution in [-0.2, 0) is 29.0 Å². The fourth-order valence-corrected chi connectivity index (χ4v) is 5.75. The first-order chi connectivity index (χ1) is 17.4. The number of methoxy groups -OCH3 is 1. The van der Waals surface area contributed by atoms with Gasteiger partial charge in [-0.15, -0.1) is 11.3 Å². The molecule has 1 aliphatic carbocycles. The number of fused-ring (bicyclic) bond motifs is 1.